The Labute approximate surface area is 131 Å². The largest absolute Gasteiger partial charge is 0.482 e. The summed E-state index contributed by atoms with van der Waals surface area (Å²) in [7, 11) is 0. The Kier molecular flexibility index (Phi) is 4.05. The lowest BCUT2D eigenvalue weighted by Crippen LogP contribution is -2.32. The molecule has 1 amide bonds. The Morgan fingerprint density at radius 1 is 1.36 bits per heavy atom. The normalized spacial score (nSPS) is 16.0. The predicted octanol–water partition coefficient (Wildman–Crippen LogP) is 4.77. The molecule has 0 aromatic heterocycles. The first-order valence-electron chi connectivity index (χ1n) is 7.28. The number of hydrogen-bond donors (Lipinski definition) is 1. The van der Waals surface area contributed by atoms with Crippen molar-refractivity contribution in [1.82, 2.24) is 0 Å². The molecule has 0 bridgehead atoms. The molecule has 0 unspecified atom stereocenters. The van der Waals surface area contributed by atoms with E-state index in [1.54, 1.807) is 12.1 Å². The van der Waals surface area contributed by atoms with E-state index in [9.17, 15) is 4.79 Å². The maximum atomic E-state index is 11.8. The van der Waals surface area contributed by atoms with Gasteiger partial charge in [0, 0.05) is 17.3 Å². The number of ether oxygens (including phenoxy) is 2. The van der Waals surface area contributed by atoms with Crippen molar-refractivity contribution in [2.45, 2.75) is 45.8 Å². The maximum Gasteiger partial charge on any atom is 0.412 e. The van der Waals surface area contributed by atoms with E-state index in [-0.39, 0.29) is 0 Å². The second-order valence-corrected chi connectivity index (χ2v) is 6.80. The summed E-state index contributed by atoms with van der Waals surface area (Å²) in [4.78, 5) is 11.8. The second kappa shape index (κ2) is 5.52. The van der Waals surface area contributed by atoms with Gasteiger partial charge in [0.2, 0.25) is 0 Å². The van der Waals surface area contributed by atoms with E-state index in [1.165, 1.54) is 0 Å². The van der Waals surface area contributed by atoms with Crippen LogP contribution in [0, 0.1) is 0 Å². The van der Waals surface area contributed by atoms with Gasteiger partial charge in [-0.3, -0.25) is 5.32 Å². The predicted molar refractivity (Wildman–Crippen MR) is 89.2 cm³/mol. The average molecular weight is 301 g/mol. The molecule has 0 spiro atoms. The number of hydrogen-bond acceptors (Lipinski definition) is 3. The average Bonchev–Trinajstić information content (AvgIpc) is 2.34. The van der Waals surface area contributed by atoms with Crippen LogP contribution in [-0.2, 0) is 4.74 Å². The van der Waals surface area contributed by atoms with Crippen molar-refractivity contribution in [1.29, 1.82) is 0 Å². The quantitative estimate of drug-likeness (QED) is 0.855. The van der Waals surface area contributed by atoms with Crippen LogP contribution in [0.15, 0.2) is 36.4 Å². The molecule has 1 aliphatic rings. The Morgan fingerprint density at radius 3 is 2.64 bits per heavy atom. The Bertz CT molecular complexity index is 636. The lowest BCUT2D eigenvalue weighted by atomic mass is 9.92. The summed E-state index contributed by atoms with van der Waals surface area (Å²) in [5.74, 6) is 0.726. The number of carbonyl (C=O) groups is 1. The van der Waals surface area contributed by atoms with Gasteiger partial charge in [0.1, 0.15) is 17.0 Å². The van der Waals surface area contributed by atoms with E-state index in [0.717, 1.165) is 16.9 Å². The molecule has 1 aromatic carbocycles. The molecule has 0 aliphatic carbocycles. The number of rotatable bonds is 2. The van der Waals surface area contributed by atoms with Gasteiger partial charge in [0.25, 0.3) is 0 Å². The van der Waals surface area contributed by atoms with Crippen LogP contribution in [0.5, 0.6) is 5.75 Å². The van der Waals surface area contributed by atoms with Crippen molar-refractivity contribution >= 4 is 17.9 Å². The van der Waals surface area contributed by atoms with Crippen LogP contribution >= 0.6 is 0 Å². The summed E-state index contributed by atoms with van der Waals surface area (Å²) < 4.78 is 11.3. The monoisotopic (exact) mass is 301 g/mol. The van der Waals surface area contributed by atoms with Crippen molar-refractivity contribution < 1.29 is 14.3 Å². The van der Waals surface area contributed by atoms with Gasteiger partial charge in [-0.1, -0.05) is 12.7 Å². The highest BCUT2D eigenvalue weighted by Gasteiger charge is 2.28. The summed E-state index contributed by atoms with van der Waals surface area (Å²) in [6.07, 6.45) is 3.36. The number of nitrogens with one attached hydrogen (secondary N) is 1. The molecular weight excluding hydrogens is 278 g/mol. The molecule has 2 rings (SSSR count). The van der Waals surface area contributed by atoms with Gasteiger partial charge in [-0.05, 0) is 58.4 Å². The van der Waals surface area contributed by atoms with E-state index in [4.69, 9.17) is 9.47 Å². The van der Waals surface area contributed by atoms with E-state index < -0.39 is 17.3 Å². The Hall–Kier alpha value is -2.23. The van der Waals surface area contributed by atoms with Gasteiger partial charge >= 0.3 is 6.09 Å². The van der Waals surface area contributed by atoms with Crippen LogP contribution in [0.3, 0.4) is 0 Å². The number of carbonyl (C=O) groups excluding carboxylic acids is 1. The Balaban J connectivity index is 2.22. The summed E-state index contributed by atoms with van der Waals surface area (Å²) in [6.45, 7) is 13.3. The van der Waals surface area contributed by atoms with E-state index in [2.05, 4.69) is 11.9 Å². The SMILES string of the molecule is C=CC1=Cc2ccc(NC(=O)OC(C)(C)C)cc2OC1(C)C. The number of benzene rings is 1. The van der Waals surface area contributed by atoms with Crippen LogP contribution in [0.2, 0.25) is 0 Å². The second-order valence-electron chi connectivity index (χ2n) is 6.80. The lowest BCUT2D eigenvalue weighted by Gasteiger charge is -2.32. The van der Waals surface area contributed by atoms with Crippen molar-refractivity contribution in [2.75, 3.05) is 5.32 Å². The van der Waals surface area contributed by atoms with Crippen molar-refractivity contribution in [3.63, 3.8) is 0 Å². The molecule has 0 fully saturated rings. The number of anilines is 1. The zero-order valence-electron chi connectivity index (χ0n) is 13.8. The lowest BCUT2D eigenvalue weighted by molar-refractivity contribution is 0.0636. The van der Waals surface area contributed by atoms with Gasteiger partial charge in [-0.2, -0.15) is 0 Å². The molecule has 0 saturated heterocycles. The topological polar surface area (TPSA) is 47.6 Å². The van der Waals surface area contributed by atoms with E-state index in [1.807, 2.05) is 52.8 Å². The highest BCUT2D eigenvalue weighted by Crippen LogP contribution is 2.37. The molecule has 22 heavy (non-hydrogen) atoms. The van der Waals surface area contributed by atoms with Gasteiger partial charge in [0.05, 0.1) is 0 Å². The molecule has 4 heteroatoms. The van der Waals surface area contributed by atoms with Crippen LogP contribution in [-0.4, -0.2) is 17.3 Å². The molecule has 1 N–H and O–H groups in total. The fourth-order valence-electron chi connectivity index (χ4n) is 2.22. The molecule has 4 nitrogen and oxygen atoms in total. The van der Waals surface area contributed by atoms with Crippen LogP contribution in [0.25, 0.3) is 6.08 Å². The van der Waals surface area contributed by atoms with Crippen LogP contribution in [0.1, 0.15) is 40.2 Å². The highest BCUT2D eigenvalue weighted by molar-refractivity contribution is 5.86. The molecule has 1 heterocycles. The Morgan fingerprint density at radius 2 is 2.05 bits per heavy atom. The summed E-state index contributed by atoms with van der Waals surface area (Å²) in [5, 5.41) is 2.72. The van der Waals surface area contributed by atoms with Crippen LogP contribution in [0.4, 0.5) is 10.5 Å². The minimum atomic E-state index is -0.529. The van der Waals surface area contributed by atoms with E-state index in [0.29, 0.717) is 5.69 Å². The van der Waals surface area contributed by atoms with Crippen molar-refractivity contribution in [3.05, 3.63) is 42.0 Å². The fourth-order valence-corrected chi connectivity index (χ4v) is 2.22. The summed E-state index contributed by atoms with van der Waals surface area (Å²) in [5.41, 5.74) is 1.65. The number of fused-ring (bicyclic) bond motifs is 1. The van der Waals surface area contributed by atoms with Gasteiger partial charge in [-0.15, -0.1) is 0 Å². The minimum absolute atomic E-state index is 0.445. The molecular formula is C18H23NO3. The summed E-state index contributed by atoms with van der Waals surface area (Å²) in [6, 6.07) is 5.53. The molecule has 0 radical (unpaired) electrons. The van der Waals surface area contributed by atoms with Gasteiger partial charge < -0.3 is 9.47 Å². The zero-order valence-corrected chi connectivity index (χ0v) is 13.8. The third kappa shape index (κ3) is 3.70. The number of amides is 1. The molecule has 1 aromatic rings. The zero-order chi connectivity index (χ0) is 16.5. The molecule has 0 saturated carbocycles. The first-order chi connectivity index (χ1) is 10.1. The van der Waals surface area contributed by atoms with Gasteiger partial charge in [-0.25, -0.2) is 4.79 Å². The van der Waals surface area contributed by atoms with Gasteiger partial charge in [0.15, 0.2) is 0 Å². The smallest absolute Gasteiger partial charge is 0.412 e. The fraction of sp³-hybridized carbons (Fsp3) is 0.389. The standard InChI is InChI=1S/C18H23NO3/c1-7-13-10-12-8-9-14(11-15(12)21-18(13,5)6)19-16(20)22-17(2,3)4/h7-11H,1H2,2-6H3,(H,19,20). The first kappa shape index (κ1) is 16.1. The highest BCUT2D eigenvalue weighted by atomic mass is 16.6. The molecule has 118 valence electrons. The van der Waals surface area contributed by atoms with Crippen molar-refractivity contribution in [3.8, 4) is 5.75 Å². The van der Waals surface area contributed by atoms with Crippen LogP contribution < -0.4 is 10.1 Å². The third-order valence-corrected chi connectivity index (χ3v) is 3.25. The summed E-state index contributed by atoms with van der Waals surface area (Å²) >= 11 is 0. The minimum Gasteiger partial charge on any atom is -0.482 e. The maximum absolute atomic E-state index is 11.8. The van der Waals surface area contributed by atoms with E-state index >= 15 is 0 Å². The molecule has 0 atom stereocenters. The van der Waals surface area contributed by atoms with Crippen molar-refractivity contribution in [2.24, 2.45) is 0 Å². The first-order valence-corrected chi connectivity index (χ1v) is 7.28. The third-order valence-electron chi connectivity index (χ3n) is 3.25. The molecule has 1 aliphatic heterocycles.